The van der Waals surface area contributed by atoms with Crippen molar-refractivity contribution in [3.8, 4) is 0 Å². The summed E-state index contributed by atoms with van der Waals surface area (Å²) < 4.78 is 0. The van der Waals surface area contributed by atoms with Gasteiger partial charge in [0.05, 0.1) is 10.0 Å². The minimum atomic E-state index is 0.0957. The Labute approximate surface area is 134 Å². The second kappa shape index (κ2) is 6.82. The van der Waals surface area contributed by atoms with Gasteiger partial charge in [-0.25, -0.2) is 0 Å². The first kappa shape index (κ1) is 15.7. The van der Waals surface area contributed by atoms with Crippen molar-refractivity contribution in [3.05, 3.63) is 68.2 Å². The van der Waals surface area contributed by atoms with E-state index in [1.54, 1.807) is 6.07 Å². The molecule has 0 radical (unpaired) electrons. The van der Waals surface area contributed by atoms with Gasteiger partial charge in [-0.3, -0.25) is 0 Å². The standard InChI is InChI=1S/C16H16Cl3N/c1-10-5-3-7-12(15(10)18)14(20-2)9-11-6-4-8-13(17)16(11)19/h3-8,14,20H,9H2,1-2H3. The molecule has 1 atom stereocenters. The van der Waals surface area contributed by atoms with Gasteiger partial charge in [0, 0.05) is 11.1 Å². The first-order valence-corrected chi connectivity index (χ1v) is 7.53. The zero-order valence-corrected chi connectivity index (χ0v) is 13.7. The molecule has 0 aliphatic rings. The topological polar surface area (TPSA) is 12.0 Å². The molecule has 2 aromatic rings. The van der Waals surface area contributed by atoms with Crippen molar-refractivity contribution in [2.24, 2.45) is 0 Å². The summed E-state index contributed by atoms with van der Waals surface area (Å²) in [5.41, 5.74) is 3.16. The van der Waals surface area contributed by atoms with Crippen LogP contribution in [0.25, 0.3) is 0 Å². The van der Waals surface area contributed by atoms with Crippen LogP contribution in [-0.4, -0.2) is 7.05 Å². The summed E-state index contributed by atoms with van der Waals surface area (Å²) in [7, 11) is 1.92. The Morgan fingerprint density at radius 2 is 1.70 bits per heavy atom. The summed E-state index contributed by atoms with van der Waals surface area (Å²) in [4.78, 5) is 0. The fraction of sp³-hybridized carbons (Fsp3) is 0.250. The maximum absolute atomic E-state index is 6.40. The van der Waals surface area contributed by atoms with Crippen molar-refractivity contribution >= 4 is 34.8 Å². The predicted molar refractivity (Wildman–Crippen MR) is 88.2 cm³/mol. The van der Waals surface area contributed by atoms with Gasteiger partial charge in [-0.1, -0.05) is 65.1 Å². The molecular weight excluding hydrogens is 313 g/mol. The fourth-order valence-corrected chi connectivity index (χ4v) is 2.89. The number of aryl methyl sites for hydroxylation is 1. The molecule has 0 fully saturated rings. The molecule has 1 nitrogen and oxygen atoms in total. The van der Waals surface area contributed by atoms with Crippen LogP contribution in [0.5, 0.6) is 0 Å². The minimum Gasteiger partial charge on any atom is -0.313 e. The lowest BCUT2D eigenvalue weighted by Crippen LogP contribution is -2.19. The third-order valence-corrected chi connectivity index (χ3v) is 4.78. The van der Waals surface area contributed by atoms with E-state index in [1.807, 2.05) is 44.3 Å². The molecule has 0 saturated heterocycles. The van der Waals surface area contributed by atoms with E-state index in [0.717, 1.165) is 28.1 Å². The molecule has 0 spiro atoms. The zero-order valence-electron chi connectivity index (χ0n) is 11.4. The van der Waals surface area contributed by atoms with Crippen LogP contribution in [0.4, 0.5) is 0 Å². The first-order chi connectivity index (χ1) is 9.54. The Balaban J connectivity index is 2.34. The smallest absolute Gasteiger partial charge is 0.0624 e. The molecule has 0 aromatic heterocycles. The van der Waals surface area contributed by atoms with Crippen LogP contribution in [0.3, 0.4) is 0 Å². The molecule has 0 amide bonds. The summed E-state index contributed by atoms with van der Waals surface area (Å²) in [5.74, 6) is 0. The van der Waals surface area contributed by atoms with Gasteiger partial charge in [0.25, 0.3) is 0 Å². The highest BCUT2D eigenvalue weighted by Gasteiger charge is 2.16. The molecule has 4 heteroatoms. The predicted octanol–water partition coefficient (Wildman–Crippen LogP) is 5.46. The van der Waals surface area contributed by atoms with E-state index in [0.29, 0.717) is 10.0 Å². The quantitative estimate of drug-likeness (QED) is 0.786. The van der Waals surface area contributed by atoms with Gasteiger partial charge in [-0.15, -0.1) is 0 Å². The number of rotatable bonds is 4. The third kappa shape index (κ3) is 3.29. The second-order valence-corrected chi connectivity index (χ2v) is 5.90. The number of nitrogens with one attached hydrogen (secondary N) is 1. The van der Waals surface area contributed by atoms with Crippen molar-refractivity contribution < 1.29 is 0 Å². The molecule has 2 rings (SSSR count). The van der Waals surface area contributed by atoms with Crippen molar-refractivity contribution in [1.29, 1.82) is 0 Å². The normalized spacial score (nSPS) is 12.4. The second-order valence-electron chi connectivity index (χ2n) is 4.74. The van der Waals surface area contributed by atoms with Crippen molar-refractivity contribution in [1.82, 2.24) is 5.32 Å². The number of benzene rings is 2. The van der Waals surface area contributed by atoms with Gasteiger partial charge in [0.15, 0.2) is 0 Å². The van der Waals surface area contributed by atoms with Crippen LogP contribution in [0.15, 0.2) is 36.4 Å². The minimum absolute atomic E-state index is 0.0957. The molecule has 0 aliphatic heterocycles. The van der Waals surface area contributed by atoms with Crippen LogP contribution < -0.4 is 5.32 Å². The van der Waals surface area contributed by atoms with Crippen LogP contribution in [0.2, 0.25) is 15.1 Å². The lowest BCUT2D eigenvalue weighted by Gasteiger charge is -2.20. The van der Waals surface area contributed by atoms with Crippen LogP contribution >= 0.6 is 34.8 Å². The Bertz CT molecular complexity index is 611. The summed E-state index contributed by atoms with van der Waals surface area (Å²) in [6.45, 7) is 2.00. The van der Waals surface area contributed by atoms with Crippen molar-refractivity contribution in [2.75, 3.05) is 7.05 Å². The Kier molecular flexibility index (Phi) is 5.34. The Morgan fingerprint density at radius 1 is 1.00 bits per heavy atom. The lowest BCUT2D eigenvalue weighted by atomic mass is 9.97. The molecule has 0 aliphatic carbocycles. The highest BCUT2D eigenvalue weighted by molar-refractivity contribution is 6.42. The summed E-state index contributed by atoms with van der Waals surface area (Å²) in [6, 6.07) is 11.8. The molecule has 0 bridgehead atoms. The maximum atomic E-state index is 6.40. The summed E-state index contributed by atoms with van der Waals surface area (Å²) in [6.07, 6.45) is 0.735. The molecule has 0 saturated carbocycles. The van der Waals surface area contributed by atoms with E-state index < -0.39 is 0 Å². The van der Waals surface area contributed by atoms with E-state index in [-0.39, 0.29) is 6.04 Å². The number of hydrogen-bond donors (Lipinski definition) is 1. The SMILES string of the molecule is CNC(Cc1cccc(Cl)c1Cl)c1cccc(C)c1Cl. The van der Waals surface area contributed by atoms with Gasteiger partial charge >= 0.3 is 0 Å². The van der Waals surface area contributed by atoms with Crippen LogP contribution in [-0.2, 0) is 6.42 Å². The summed E-state index contributed by atoms with van der Waals surface area (Å²) in [5, 5.41) is 5.28. The van der Waals surface area contributed by atoms with Gasteiger partial charge in [-0.2, -0.15) is 0 Å². The third-order valence-electron chi connectivity index (χ3n) is 3.40. The highest BCUT2D eigenvalue weighted by atomic mass is 35.5. The van der Waals surface area contributed by atoms with Gasteiger partial charge in [-0.05, 0) is 43.1 Å². The average Bonchev–Trinajstić information content (AvgIpc) is 2.44. The van der Waals surface area contributed by atoms with E-state index >= 15 is 0 Å². The number of likely N-dealkylation sites (N-methyl/N-ethyl adjacent to an activating group) is 1. The maximum Gasteiger partial charge on any atom is 0.0624 e. The highest BCUT2D eigenvalue weighted by Crippen LogP contribution is 2.32. The van der Waals surface area contributed by atoms with Gasteiger partial charge < -0.3 is 5.32 Å². The molecule has 106 valence electrons. The van der Waals surface area contributed by atoms with E-state index in [4.69, 9.17) is 34.8 Å². The van der Waals surface area contributed by atoms with Crippen LogP contribution in [0, 0.1) is 6.92 Å². The molecule has 20 heavy (non-hydrogen) atoms. The van der Waals surface area contributed by atoms with E-state index in [2.05, 4.69) is 5.32 Å². The van der Waals surface area contributed by atoms with Crippen LogP contribution in [0.1, 0.15) is 22.7 Å². The van der Waals surface area contributed by atoms with Crippen molar-refractivity contribution in [3.63, 3.8) is 0 Å². The first-order valence-electron chi connectivity index (χ1n) is 6.39. The Hall–Kier alpha value is -0.730. The van der Waals surface area contributed by atoms with E-state index in [9.17, 15) is 0 Å². The zero-order chi connectivity index (χ0) is 14.7. The summed E-state index contributed by atoms with van der Waals surface area (Å²) >= 11 is 18.7. The van der Waals surface area contributed by atoms with Crippen molar-refractivity contribution in [2.45, 2.75) is 19.4 Å². The molecule has 0 heterocycles. The molecule has 2 aromatic carbocycles. The fourth-order valence-electron chi connectivity index (χ4n) is 2.23. The molecular formula is C16H16Cl3N. The average molecular weight is 329 g/mol. The largest absolute Gasteiger partial charge is 0.313 e. The molecule has 1 N–H and O–H groups in total. The lowest BCUT2D eigenvalue weighted by molar-refractivity contribution is 0.592. The van der Waals surface area contributed by atoms with Gasteiger partial charge in [0.1, 0.15) is 0 Å². The number of hydrogen-bond acceptors (Lipinski definition) is 1. The van der Waals surface area contributed by atoms with Gasteiger partial charge in [0.2, 0.25) is 0 Å². The molecule has 1 unspecified atom stereocenters. The Morgan fingerprint density at radius 3 is 2.40 bits per heavy atom. The number of halogens is 3. The van der Waals surface area contributed by atoms with E-state index in [1.165, 1.54) is 0 Å². The monoisotopic (exact) mass is 327 g/mol.